The lowest BCUT2D eigenvalue weighted by Crippen LogP contribution is -3.00. The number of nitrogens with zero attached hydrogens (tertiary/aromatic N) is 2. The van der Waals surface area contributed by atoms with E-state index in [1.54, 1.807) is 22.5 Å². The summed E-state index contributed by atoms with van der Waals surface area (Å²) in [5.41, 5.74) is 2.07. The Morgan fingerprint density at radius 2 is 1.63 bits per heavy atom. The van der Waals surface area contributed by atoms with Gasteiger partial charge in [-0.3, -0.25) is 4.90 Å². The van der Waals surface area contributed by atoms with E-state index >= 15 is 0 Å². The number of rotatable bonds is 6. The van der Waals surface area contributed by atoms with Gasteiger partial charge in [-0.1, -0.05) is 37.6 Å². The fourth-order valence-corrected chi connectivity index (χ4v) is 4.71. The summed E-state index contributed by atoms with van der Waals surface area (Å²) in [5, 5.41) is 0. The number of halogens is 2. The molecule has 1 aliphatic heterocycles. The highest BCUT2D eigenvalue weighted by atomic mass is 35.5. The molecule has 0 bridgehead atoms. The van der Waals surface area contributed by atoms with Crippen LogP contribution in [0.3, 0.4) is 0 Å². The van der Waals surface area contributed by atoms with Gasteiger partial charge in [0.15, 0.2) is 0 Å². The van der Waals surface area contributed by atoms with Crippen molar-refractivity contribution in [2.45, 2.75) is 31.2 Å². The molecule has 1 fully saturated rings. The Hall–Kier alpha value is -1.47. The van der Waals surface area contributed by atoms with Crippen molar-refractivity contribution in [1.29, 1.82) is 0 Å². The summed E-state index contributed by atoms with van der Waals surface area (Å²) in [6.07, 6.45) is 2.00. The van der Waals surface area contributed by atoms with Crippen molar-refractivity contribution in [2.24, 2.45) is 0 Å². The maximum absolute atomic E-state index is 13.3. The first-order valence-electron chi connectivity index (χ1n) is 9.05. The molecule has 0 radical (unpaired) electrons. The first-order chi connectivity index (χ1) is 12.5. The van der Waals surface area contributed by atoms with E-state index in [9.17, 15) is 12.8 Å². The zero-order valence-electron chi connectivity index (χ0n) is 15.4. The Bertz CT molecular complexity index is 835. The summed E-state index contributed by atoms with van der Waals surface area (Å²) >= 11 is 0. The van der Waals surface area contributed by atoms with Crippen LogP contribution < -0.4 is 12.4 Å². The Morgan fingerprint density at radius 1 is 0.963 bits per heavy atom. The molecule has 1 saturated heterocycles. The molecule has 2 aromatic carbocycles. The molecule has 4 nitrogen and oxygen atoms in total. The van der Waals surface area contributed by atoms with E-state index in [0.717, 1.165) is 24.0 Å². The van der Waals surface area contributed by atoms with E-state index in [1.807, 2.05) is 18.2 Å². The van der Waals surface area contributed by atoms with Gasteiger partial charge in [0.2, 0.25) is 10.0 Å². The van der Waals surface area contributed by atoms with Crippen molar-refractivity contribution in [2.75, 3.05) is 26.2 Å². The fourth-order valence-electron chi connectivity index (χ4n) is 3.29. The van der Waals surface area contributed by atoms with Gasteiger partial charge in [-0.2, -0.15) is 4.31 Å². The van der Waals surface area contributed by atoms with Crippen LogP contribution in [0.1, 0.15) is 24.5 Å². The molecule has 1 aliphatic rings. The summed E-state index contributed by atoms with van der Waals surface area (Å²) in [6, 6.07) is 13.8. The van der Waals surface area contributed by atoms with E-state index in [0.29, 0.717) is 37.6 Å². The van der Waals surface area contributed by atoms with Crippen LogP contribution in [0.15, 0.2) is 53.4 Å². The highest BCUT2D eigenvalue weighted by molar-refractivity contribution is 7.89. The molecule has 148 valence electrons. The summed E-state index contributed by atoms with van der Waals surface area (Å²) in [5.74, 6) is -0.241. The highest BCUT2D eigenvalue weighted by Crippen LogP contribution is 2.19. The minimum Gasteiger partial charge on any atom is -1.00 e. The highest BCUT2D eigenvalue weighted by Gasteiger charge is 2.28. The second kappa shape index (κ2) is 9.64. The van der Waals surface area contributed by atoms with Crippen LogP contribution in [0, 0.1) is 5.82 Å². The Labute approximate surface area is 167 Å². The molecule has 1 heterocycles. The Kier molecular flexibility index (Phi) is 7.79. The summed E-state index contributed by atoms with van der Waals surface area (Å²) in [4.78, 5) is 2.52. The minimum atomic E-state index is -3.45. The predicted octanol–water partition coefficient (Wildman–Crippen LogP) is 0.289. The second-order valence-electron chi connectivity index (χ2n) is 6.70. The standard InChI is InChI=1S/C20H25FN2O2S.ClH/c1-2-4-17-7-9-20(10-8-17)26(24,25)23-13-11-22(12-14-23)16-18-5-3-6-19(21)15-18;/h3,5-10,15H,2,4,11-14,16H2,1H3;1H/p-1. The van der Waals surface area contributed by atoms with Gasteiger partial charge in [0, 0.05) is 32.7 Å². The van der Waals surface area contributed by atoms with Crippen molar-refractivity contribution in [3.8, 4) is 0 Å². The first-order valence-corrected chi connectivity index (χ1v) is 10.5. The van der Waals surface area contributed by atoms with Gasteiger partial charge in [0.1, 0.15) is 5.82 Å². The zero-order valence-corrected chi connectivity index (χ0v) is 17.0. The lowest BCUT2D eigenvalue weighted by Gasteiger charge is -2.34. The molecular weight excluding hydrogens is 387 g/mol. The van der Waals surface area contributed by atoms with Crippen LogP contribution in [-0.4, -0.2) is 43.8 Å². The van der Waals surface area contributed by atoms with Gasteiger partial charge in [0.05, 0.1) is 4.90 Å². The number of benzene rings is 2. The van der Waals surface area contributed by atoms with E-state index in [-0.39, 0.29) is 18.2 Å². The third kappa shape index (κ3) is 5.51. The van der Waals surface area contributed by atoms with Gasteiger partial charge >= 0.3 is 0 Å². The van der Waals surface area contributed by atoms with Crippen molar-refractivity contribution < 1.29 is 25.2 Å². The van der Waals surface area contributed by atoms with Crippen LogP contribution in [0.2, 0.25) is 0 Å². The average molecular weight is 412 g/mol. The molecule has 0 atom stereocenters. The molecule has 0 N–H and O–H groups in total. The van der Waals surface area contributed by atoms with E-state index in [2.05, 4.69) is 11.8 Å². The van der Waals surface area contributed by atoms with Crippen LogP contribution in [0.4, 0.5) is 4.39 Å². The second-order valence-corrected chi connectivity index (χ2v) is 8.64. The van der Waals surface area contributed by atoms with Crippen LogP contribution in [0.25, 0.3) is 0 Å². The minimum absolute atomic E-state index is 0. The van der Waals surface area contributed by atoms with Gasteiger partial charge in [-0.25, -0.2) is 12.8 Å². The average Bonchev–Trinajstić information content (AvgIpc) is 2.63. The first kappa shape index (κ1) is 21.8. The molecular formula is C20H25ClFN2O2S-. The van der Waals surface area contributed by atoms with Crippen molar-refractivity contribution in [3.63, 3.8) is 0 Å². The lowest BCUT2D eigenvalue weighted by molar-refractivity contribution is -0.00000869. The molecule has 0 aliphatic carbocycles. The van der Waals surface area contributed by atoms with Gasteiger partial charge < -0.3 is 12.4 Å². The van der Waals surface area contributed by atoms with Crippen molar-refractivity contribution in [1.82, 2.24) is 9.21 Å². The van der Waals surface area contributed by atoms with E-state index in [1.165, 1.54) is 12.1 Å². The SMILES string of the molecule is CCCc1ccc(S(=O)(=O)N2CCN(Cc3cccc(F)c3)CC2)cc1.[Cl-]. The van der Waals surface area contributed by atoms with Gasteiger partial charge in [-0.15, -0.1) is 0 Å². The van der Waals surface area contributed by atoms with E-state index < -0.39 is 10.0 Å². The molecule has 7 heteroatoms. The predicted molar refractivity (Wildman–Crippen MR) is 101 cm³/mol. The molecule has 0 amide bonds. The van der Waals surface area contributed by atoms with E-state index in [4.69, 9.17) is 0 Å². The quantitative estimate of drug-likeness (QED) is 0.686. The topological polar surface area (TPSA) is 40.6 Å². The summed E-state index contributed by atoms with van der Waals surface area (Å²) in [7, 11) is -3.45. The van der Waals surface area contributed by atoms with Crippen LogP contribution in [0.5, 0.6) is 0 Å². The Balaban J connectivity index is 0.00000261. The number of piperazine rings is 1. The lowest BCUT2D eigenvalue weighted by atomic mass is 10.1. The van der Waals surface area contributed by atoms with Crippen molar-refractivity contribution >= 4 is 10.0 Å². The molecule has 0 spiro atoms. The number of sulfonamides is 1. The maximum Gasteiger partial charge on any atom is 0.243 e. The maximum atomic E-state index is 13.3. The molecule has 0 aromatic heterocycles. The molecule has 0 unspecified atom stereocenters. The third-order valence-electron chi connectivity index (χ3n) is 4.73. The molecule has 2 aromatic rings. The Morgan fingerprint density at radius 3 is 2.22 bits per heavy atom. The summed E-state index contributed by atoms with van der Waals surface area (Å²) < 4.78 is 40.5. The van der Waals surface area contributed by atoms with Gasteiger partial charge in [-0.05, 0) is 41.8 Å². The van der Waals surface area contributed by atoms with Crippen molar-refractivity contribution in [3.05, 3.63) is 65.5 Å². The summed E-state index contributed by atoms with van der Waals surface area (Å²) in [6.45, 7) is 4.93. The van der Waals surface area contributed by atoms with Crippen LogP contribution in [-0.2, 0) is 23.0 Å². The molecule has 3 rings (SSSR count). The third-order valence-corrected chi connectivity index (χ3v) is 6.64. The van der Waals surface area contributed by atoms with Crippen LogP contribution >= 0.6 is 0 Å². The normalized spacial score (nSPS) is 16.1. The number of aryl methyl sites for hydroxylation is 1. The molecule has 27 heavy (non-hydrogen) atoms. The zero-order chi connectivity index (χ0) is 18.6. The number of hydrogen-bond donors (Lipinski definition) is 0. The smallest absolute Gasteiger partial charge is 0.243 e. The van der Waals surface area contributed by atoms with Gasteiger partial charge in [0.25, 0.3) is 0 Å². The monoisotopic (exact) mass is 411 g/mol. The largest absolute Gasteiger partial charge is 1.00 e. The number of hydrogen-bond acceptors (Lipinski definition) is 3. The molecule has 0 saturated carbocycles. The fraction of sp³-hybridized carbons (Fsp3) is 0.400.